The van der Waals surface area contributed by atoms with Crippen molar-refractivity contribution in [3.63, 3.8) is 0 Å². The quantitative estimate of drug-likeness (QED) is 0.184. The lowest BCUT2D eigenvalue weighted by molar-refractivity contribution is 0.0874. The Labute approximate surface area is 243 Å². The van der Waals surface area contributed by atoms with E-state index in [1.807, 2.05) is 0 Å². The molecular formula is C35H42O6. The second-order valence-corrected chi connectivity index (χ2v) is 11.7. The Morgan fingerprint density at radius 1 is 0.683 bits per heavy atom. The highest BCUT2D eigenvalue weighted by molar-refractivity contribution is 5.61. The molecule has 1 aliphatic carbocycles. The van der Waals surface area contributed by atoms with Crippen molar-refractivity contribution in [2.24, 2.45) is 0 Å². The molecule has 0 N–H and O–H groups in total. The Balaban J connectivity index is 1.27. The highest BCUT2D eigenvalue weighted by Gasteiger charge is 2.42. The molecule has 218 valence electrons. The lowest BCUT2D eigenvalue weighted by atomic mass is 9.69. The molecule has 6 nitrogen and oxygen atoms in total. The molecule has 41 heavy (non-hydrogen) atoms. The molecule has 0 amide bonds. The first kappa shape index (κ1) is 28.2. The molecule has 3 aliphatic rings. The van der Waals surface area contributed by atoms with Gasteiger partial charge in [0.15, 0.2) is 0 Å². The molecule has 3 aromatic carbocycles. The fourth-order valence-electron chi connectivity index (χ4n) is 6.39. The average molecular weight is 559 g/mol. The van der Waals surface area contributed by atoms with Crippen LogP contribution in [0.3, 0.4) is 0 Å². The molecule has 6 heteroatoms. The van der Waals surface area contributed by atoms with Gasteiger partial charge in [-0.3, -0.25) is 0 Å². The predicted octanol–water partition coefficient (Wildman–Crippen LogP) is 5.79. The van der Waals surface area contributed by atoms with Gasteiger partial charge in [-0.05, 0) is 85.0 Å². The molecule has 3 aromatic rings. The van der Waals surface area contributed by atoms with Crippen LogP contribution in [-0.4, -0.2) is 65.1 Å². The number of hydrogen-bond donors (Lipinski definition) is 0. The van der Waals surface area contributed by atoms with E-state index < -0.39 is 0 Å². The first-order valence-electron chi connectivity index (χ1n) is 14.9. The molecule has 2 heterocycles. The fraction of sp³-hybridized carbons (Fsp3) is 0.486. The summed E-state index contributed by atoms with van der Waals surface area (Å²) in [5.74, 6) is 1.90. The van der Waals surface area contributed by atoms with E-state index in [0.29, 0.717) is 39.6 Å². The van der Waals surface area contributed by atoms with Gasteiger partial charge < -0.3 is 28.4 Å². The van der Waals surface area contributed by atoms with E-state index in [4.69, 9.17) is 28.4 Å². The normalized spacial score (nSPS) is 22.4. The zero-order chi connectivity index (χ0) is 28.4. The molecule has 2 fully saturated rings. The van der Waals surface area contributed by atoms with Crippen LogP contribution in [-0.2, 0) is 30.8 Å². The van der Waals surface area contributed by atoms with Gasteiger partial charge in [0, 0.05) is 5.41 Å². The summed E-state index contributed by atoms with van der Waals surface area (Å²) in [4.78, 5) is 0. The van der Waals surface area contributed by atoms with E-state index in [9.17, 15) is 0 Å². The topological polar surface area (TPSA) is 62.0 Å². The van der Waals surface area contributed by atoms with Crippen molar-refractivity contribution < 1.29 is 28.4 Å². The standard InChI is InChI=1S/C35H42O6/c1-23-15-28(16-24(2)33(23)38-13-11-36-19-30-21-40-30)35(10-9-27-7-5-6-8-32(27)35)29-17-25(3)34(26(4)18-29)39-14-12-37-20-31-22-41-31/h5-8,15-18,30-31H,9-14,19-22H2,1-4H3. The molecule has 2 aliphatic heterocycles. The lowest BCUT2D eigenvalue weighted by Gasteiger charge is -2.34. The Morgan fingerprint density at radius 3 is 1.61 bits per heavy atom. The van der Waals surface area contributed by atoms with Crippen LogP contribution in [0.5, 0.6) is 11.5 Å². The van der Waals surface area contributed by atoms with Crippen LogP contribution in [0.1, 0.15) is 50.9 Å². The molecule has 0 aromatic heterocycles. The Kier molecular flexibility index (Phi) is 8.36. The fourth-order valence-corrected chi connectivity index (χ4v) is 6.39. The molecule has 0 radical (unpaired) electrons. The summed E-state index contributed by atoms with van der Waals surface area (Å²) < 4.78 is 34.3. The van der Waals surface area contributed by atoms with Gasteiger partial charge in [0.05, 0.1) is 39.6 Å². The van der Waals surface area contributed by atoms with Crippen LogP contribution < -0.4 is 9.47 Å². The zero-order valence-electron chi connectivity index (χ0n) is 24.8. The van der Waals surface area contributed by atoms with Crippen LogP contribution in [0.25, 0.3) is 0 Å². The van der Waals surface area contributed by atoms with Gasteiger partial charge >= 0.3 is 0 Å². The Morgan fingerprint density at radius 2 is 1.15 bits per heavy atom. The average Bonchev–Trinajstić information content (AvgIpc) is 3.89. The van der Waals surface area contributed by atoms with Crippen LogP contribution in [0.4, 0.5) is 0 Å². The molecule has 0 bridgehead atoms. The van der Waals surface area contributed by atoms with Gasteiger partial charge in [-0.25, -0.2) is 0 Å². The minimum atomic E-state index is -0.237. The summed E-state index contributed by atoms with van der Waals surface area (Å²) in [5.41, 5.74) is 9.82. The highest BCUT2D eigenvalue weighted by atomic mass is 16.6. The summed E-state index contributed by atoms with van der Waals surface area (Å²) in [7, 11) is 0. The smallest absolute Gasteiger partial charge is 0.125 e. The third-order valence-electron chi connectivity index (χ3n) is 8.51. The van der Waals surface area contributed by atoms with Crippen LogP contribution >= 0.6 is 0 Å². The van der Waals surface area contributed by atoms with Crippen molar-refractivity contribution in [2.75, 3.05) is 52.9 Å². The number of rotatable bonds is 14. The van der Waals surface area contributed by atoms with Crippen LogP contribution in [0, 0.1) is 27.7 Å². The highest BCUT2D eigenvalue weighted by Crippen LogP contribution is 2.51. The van der Waals surface area contributed by atoms with E-state index in [-0.39, 0.29) is 17.6 Å². The van der Waals surface area contributed by atoms with Crippen molar-refractivity contribution in [1.82, 2.24) is 0 Å². The minimum Gasteiger partial charge on any atom is -0.491 e. The van der Waals surface area contributed by atoms with Crippen molar-refractivity contribution in [3.8, 4) is 11.5 Å². The van der Waals surface area contributed by atoms with E-state index in [1.54, 1.807) is 0 Å². The molecule has 6 rings (SSSR count). The maximum atomic E-state index is 6.22. The minimum absolute atomic E-state index is 0.237. The number of fused-ring (bicyclic) bond motifs is 1. The van der Waals surface area contributed by atoms with Gasteiger partial charge in [-0.1, -0.05) is 48.5 Å². The van der Waals surface area contributed by atoms with Crippen molar-refractivity contribution in [1.29, 1.82) is 0 Å². The number of ether oxygens (including phenoxy) is 6. The van der Waals surface area contributed by atoms with E-state index in [0.717, 1.165) is 59.8 Å². The number of benzene rings is 3. The second-order valence-electron chi connectivity index (χ2n) is 11.7. The summed E-state index contributed by atoms with van der Waals surface area (Å²) in [5, 5.41) is 0. The third-order valence-corrected chi connectivity index (χ3v) is 8.51. The van der Waals surface area contributed by atoms with Crippen LogP contribution in [0.15, 0.2) is 48.5 Å². The summed E-state index contributed by atoms with van der Waals surface area (Å²) in [6, 6.07) is 18.3. The van der Waals surface area contributed by atoms with Crippen molar-refractivity contribution >= 4 is 0 Å². The molecule has 2 atom stereocenters. The van der Waals surface area contributed by atoms with Crippen LogP contribution in [0.2, 0.25) is 0 Å². The van der Waals surface area contributed by atoms with E-state index in [1.165, 1.54) is 22.3 Å². The number of hydrogen-bond acceptors (Lipinski definition) is 6. The third kappa shape index (κ3) is 6.17. The molecular weight excluding hydrogens is 516 g/mol. The largest absolute Gasteiger partial charge is 0.491 e. The summed E-state index contributed by atoms with van der Waals surface area (Å²) >= 11 is 0. The van der Waals surface area contributed by atoms with E-state index in [2.05, 4.69) is 76.2 Å². The van der Waals surface area contributed by atoms with Gasteiger partial charge in [-0.2, -0.15) is 0 Å². The van der Waals surface area contributed by atoms with E-state index >= 15 is 0 Å². The Hall–Kier alpha value is -2.90. The second kappa shape index (κ2) is 12.1. The molecule has 2 unspecified atom stereocenters. The Bertz CT molecular complexity index is 1250. The van der Waals surface area contributed by atoms with Crippen molar-refractivity contribution in [3.05, 3.63) is 93.0 Å². The summed E-state index contributed by atoms with van der Waals surface area (Å²) in [6.45, 7) is 13.7. The zero-order valence-corrected chi connectivity index (χ0v) is 24.8. The first-order chi connectivity index (χ1) is 20.0. The monoisotopic (exact) mass is 558 g/mol. The lowest BCUT2D eigenvalue weighted by Crippen LogP contribution is -2.27. The van der Waals surface area contributed by atoms with Gasteiger partial charge in [0.2, 0.25) is 0 Å². The predicted molar refractivity (Wildman–Crippen MR) is 159 cm³/mol. The molecule has 0 spiro atoms. The van der Waals surface area contributed by atoms with Gasteiger partial charge in [-0.15, -0.1) is 0 Å². The maximum Gasteiger partial charge on any atom is 0.125 e. The van der Waals surface area contributed by atoms with Gasteiger partial charge in [0.25, 0.3) is 0 Å². The number of epoxide rings is 2. The first-order valence-corrected chi connectivity index (χ1v) is 14.9. The maximum absolute atomic E-state index is 6.22. The molecule has 2 saturated heterocycles. The van der Waals surface area contributed by atoms with Gasteiger partial charge in [0.1, 0.15) is 36.9 Å². The SMILES string of the molecule is Cc1cc(C2(c3cc(C)c(OCCOCC4CO4)c(C)c3)CCc3ccccc32)cc(C)c1OCCOCC1CO1. The molecule has 0 saturated carbocycles. The van der Waals surface area contributed by atoms with Crippen molar-refractivity contribution in [2.45, 2.75) is 58.2 Å². The number of aryl methyl sites for hydroxylation is 5. The summed E-state index contributed by atoms with van der Waals surface area (Å²) in [6.07, 6.45) is 2.63.